The molecule has 0 bridgehead atoms. The van der Waals surface area contributed by atoms with Crippen molar-refractivity contribution in [3.63, 3.8) is 0 Å². The summed E-state index contributed by atoms with van der Waals surface area (Å²) in [5.74, 6) is 1.02. The van der Waals surface area contributed by atoms with Crippen LogP contribution in [0.3, 0.4) is 0 Å². The fraction of sp³-hybridized carbons (Fsp3) is 0.227. The average Bonchev–Trinajstić information content (AvgIpc) is 2.74. The van der Waals surface area contributed by atoms with Crippen molar-refractivity contribution in [2.75, 3.05) is 19.5 Å². The maximum Gasteiger partial charge on any atom is 0.254 e. The quantitative estimate of drug-likeness (QED) is 0.620. The number of rotatable bonds is 7. The zero-order valence-corrected chi connectivity index (χ0v) is 17.7. The molecule has 156 valence electrons. The highest BCUT2D eigenvalue weighted by molar-refractivity contribution is 6.30. The van der Waals surface area contributed by atoms with Gasteiger partial charge >= 0.3 is 0 Å². The summed E-state index contributed by atoms with van der Waals surface area (Å²) in [4.78, 5) is 30.1. The number of carbonyl (C=O) groups is 1. The van der Waals surface area contributed by atoms with Crippen molar-refractivity contribution >= 4 is 23.2 Å². The highest BCUT2D eigenvalue weighted by Crippen LogP contribution is 2.29. The Hall–Kier alpha value is -3.32. The molecule has 3 aromatic rings. The Morgan fingerprint density at radius 1 is 1.13 bits per heavy atom. The number of carbonyl (C=O) groups excluding carboxylic acids is 1. The molecule has 0 aliphatic rings. The van der Waals surface area contributed by atoms with Gasteiger partial charge in [-0.1, -0.05) is 30.7 Å². The normalized spacial score (nSPS) is 10.5. The highest BCUT2D eigenvalue weighted by Gasteiger charge is 2.16. The van der Waals surface area contributed by atoms with E-state index in [2.05, 4.69) is 10.3 Å². The Labute approximate surface area is 179 Å². The maximum absolute atomic E-state index is 12.8. The van der Waals surface area contributed by atoms with Gasteiger partial charge in [-0.3, -0.25) is 14.2 Å². The Bertz CT molecular complexity index is 1130. The summed E-state index contributed by atoms with van der Waals surface area (Å²) in [6.45, 7) is 1.69. The third kappa shape index (κ3) is 4.80. The first-order valence-corrected chi connectivity index (χ1v) is 9.71. The first-order chi connectivity index (χ1) is 14.4. The van der Waals surface area contributed by atoms with E-state index in [0.29, 0.717) is 45.7 Å². The molecule has 0 fully saturated rings. The van der Waals surface area contributed by atoms with Crippen LogP contribution in [0.1, 0.15) is 12.6 Å². The van der Waals surface area contributed by atoms with Crippen LogP contribution in [0.15, 0.2) is 53.3 Å². The molecule has 1 amide bonds. The van der Waals surface area contributed by atoms with Gasteiger partial charge < -0.3 is 14.8 Å². The minimum absolute atomic E-state index is 0.224. The number of benzene rings is 2. The molecule has 1 aromatic heterocycles. The molecule has 3 rings (SSSR count). The summed E-state index contributed by atoms with van der Waals surface area (Å²) in [6, 6.07) is 13.5. The van der Waals surface area contributed by atoms with Gasteiger partial charge in [-0.05, 0) is 30.7 Å². The van der Waals surface area contributed by atoms with E-state index in [-0.39, 0.29) is 12.1 Å². The van der Waals surface area contributed by atoms with Crippen molar-refractivity contribution in [2.45, 2.75) is 19.9 Å². The lowest BCUT2D eigenvalue weighted by molar-refractivity contribution is -0.116. The third-order valence-corrected chi connectivity index (χ3v) is 4.72. The molecule has 1 heterocycles. The molecule has 0 unspecified atom stereocenters. The first kappa shape index (κ1) is 21.4. The molecule has 0 atom stereocenters. The molecule has 0 aliphatic carbocycles. The minimum atomic E-state index is -0.405. The average molecular weight is 428 g/mol. The van der Waals surface area contributed by atoms with Crippen LogP contribution in [0.25, 0.3) is 11.4 Å². The lowest BCUT2D eigenvalue weighted by atomic mass is 10.2. The minimum Gasteiger partial charge on any atom is -0.497 e. The molecule has 30 heavy (non-hydrogen) atoms. The molecule has 0 radical (unpaired) electrons. The fourth-order valence-corrected chi connectivity index (χ4v) is 3.17. The lowest BCUT2D eigenvalue weighted by Crippen LogP contribution is -2.30. The number of methoxy groups -OCH3 is 2. The summed E-state index contributed by atoms with van der Waals surface area (Å²) in [7, 11) is 3.04. The predicted octanol–water partition coefficient (Wildman–Crippen LogP) is 3.78. The van der Waals surface area contributed by atoms with Crippen LogP contribution in [-0.4, -0.2) is 29.7 Å². The van der Waals surface area contributed by atoms with Crippen LogP contribution in [0, 0.1) is 0 Å². The van der Waals surface area contributed by atoms with E-state index in [9.17, 15) is 9.59 Å². The number of hydrogen-bond donors (Lipinski definition) is 1. The second-order valence-corrected chi connectivity index (χ2v) is 6.91. The summed E-state index contributed by atoms with van der Waals surface area (Å²) in [5.41, 5.74) is 1.42. The Morgan fingerprint density at radius 3 is 2.60 bits per heavy atom. The van der Waals surface area contributed by atoms with Crippen LogP contribution < -0.4 is 20.3 Å². The smallest absolute Gasteiger partial charge is 0.254 e. The van der Waals surface area contributed by atoms with Gasteiger partial charge in [-0.25, -0.2) is 4.98 Å². The predicted molar refractivity (Wildman–Crippen MR) is 116 cm³/mol. The zero-order valence-electron chi connectivity index (χ0n) is 16.9. The van der Waals surface area contributed by atoms with Crippen LogP contribution in [0.2, 0.25) is 5.02 Å². The fourth-order valence-electron chi connectivity index (χ4n) is 2.98. The van der Waals surface area contributed by atoms with Crippen LogP contribution in [0.5, 0.6) is 11.5 Å². The van der Waals surface area contributed by atoms with Gasteiger partial charge in [0.05, 0.1) is 19.9 Å². The topological polar surface area (TPSA) is 82.5 Å². The number of ether oxygens (including phenoxy) is 2. The summed E-state index contributed by atoms with van der Waals surface area (Å²) in [5, 5.41) is 3.29. The number of hydrogen-bond acceptors (Lipinski definition) is 5. The van der Waals surface area contributed by atoms with Gasteiger partial charge in [-0.2, -0.15) is 0 Å². The number of aromatic nitrogens is 2. The van der Waals surface area contributed by atoms with Crippen LogP contribution >= 0.6 is 11.6 Å². The summed E-state index contributed by atoms with van der Waals surface area (Å²) in [6.07, 6.45) is 0.594. The molecule has 2 aromatic carbocycles. The van der Waals surface area contributed by atoms with E-state index in [1.165, 1.54) is 24.9 Å². The molecule has 0 aliphatic heterocycles. The van der Waals surface area contributed by atoms with E-state index >= 15 is 0 Å². The second-order valence-electron chi connectivity index (χ2n) is 6.47. The molecule has 0 saturated carbocycles. The number of nitrogens with one attached hydrogen (secondary N) is 1. The molecular formula is C22H22ClN3O4. The van der Waals surface area contributed by atoms with Gasteiger partial charge in [0.2, 0.25) is 5.91 Å². The van der Waals surface area contributed by atoms with Crippen molar-refractivity contribution in [1.29, 1.82) is 0 Å². The number of halogens is 1. The van der Waals surface area contributed by atoms with E-state index in [0.717, 1.165) is 0 Å². The van der Waals surface area contributed by atoms with E-state index in [1.807, 2.05) is 6.92 Å². The molecule has 0 saturated heterocycles. The van der Waals surface area contributed by atoms with E-state index < -0.39 is 5.91 Å². The van der Waals surface area contributed by atoms with E-state index in [4.69, 9.17) is 21.1 Å². The lowest BCUT2D eigenvalue weighted by Gasteiger charge is -2.15. The molecule has 7 nitrogen and oxygen atoms in total. The number of amides is 1. The highest BCUT2D eigenvalue weighted by atomic mass is 35.5. The maximum atomic E-state index is 12.8. The standard InChI is InChI=1S/C22H22ClN3O4/c1-4-16-11-21(28)26(22(24-16)14-6-5-7-15(23)10-14)13-20(27)25-18-12-17(29-2)8-9-19(18)30-3/h5-12H,4,13H2,1-3H3,(H,25,27). The summed E-state index contributed by atoms with van der Waals surface area (Å²) >= 11 is 6.12. The third-order valence-electron chi connectivity index (χ3n) is 4.49. The van der Waals surface area contributed by atoms with Gasteiger partial charge in [0.25, 0.3) is 5.56 Å². The largest absolute Gasteiger partial charge is 0.497 e. The summed E-state index contributed by atoms with van der Waals surface area (Å²) < 4.78 is 11.8. The van der Waals surface area contributed by atoms with Crippen molar-refractivity contribution in [3.05, 3.63) is 69.6 Å². The Balaban J connectivity index is 1.97. The van der Waals surface area contributed by atoms with Gasteiger partial charge in [0.1, 0.15) is 23.9 Å². The molecule has 8 heteroatoms. The number of anilines is 1. The number of aryl methyl sites for hydroxylation is 1. The van der Waals surface area contributed by atoms with Crippen LogP contribution in [-0.2, 0) is 17.8 Å². The molecular weight excluding hydrogens is 406 g/mol. The number of nitrogens with zero attached hydrogens (tertiary/aromatic N) is 2. The van der Waals surface area contributed by atoms with Crippen molar-refractivity contribution in [2.24, 2.45) is 0 Å². The van der Waals surface area contributed by atoms with Crippen LogP contribution in [0.4, 0.5) is 5.69 Å². The second kappa shape index (κ2) is 9.45. The van der Waals surface area contributed by atoms with Crippen molar-refractivity contribution in [1.82, 2.24) is 9.55 Å². The zero-order chi connectivity index (χ0) is 21.7. The van der Waals surface area contributed by atoms with Crippen molar-refractivity contribution in [3.8, 4) is 22.9 Å². The SMILES string of the molecule is CCc1cc(=O)n(CC(=O)Nc2cc(OC)ccc2OC)c(-c2cccc(Cl)c2)n1. The van der Waals surface area contributed by atoms with Crippen molar-refractivity contribution < 1.29 is 14.3 Å². The first-order valence-electron chi connectivity index (χ1n) is 9.33. The Morgan fingerprint density at radius 2 is 1.93 bits per heavy atom. The van der Waals surface area contributed by atoms with E-state index in [1.54, 1.807) is 42.5 Å². The van der Waals surface area contributed by atoms with Gasteiger partial charge in [0, 0.05) is 28.4 Å². The Kier molecular flexibility index (Phi) is 6.74. The van der Waals surface area contributed by atoms with Gasteiger partial charge in [-0.15, -0.1) is 0 Å². The van der Waals surface area contributed by atoms with Gasteiger partial charge in [0.15, 0.2) is 0 Å². The molecule has 0 spiro atoms. The monoisotopic (exact) mass is 427 g/mol. The molecule has 1 N–H and O–H groups in total.